The number of ether oxygens (including phenoxy) is 2. The van der Waals surface area contributed by atoms with Gasteiger partial charge in [-0.25, -0.2) is 0 Å². The summed E-state index contributed by atoms with van der Waals surface area (Å²) in [5, 5.41) is 0. The molecule has 0 radical (unpaired) electrons. The van der Waals surface area contributed by atoms with E-state index in [1.807, 2.05) is 52.0 Å². The minimum atomic E-state index is -0.364. The van der Waals surface area contributed by atoms with Gasteiger partial charge in [0, 0.05) is 12.0 Å². The Kier molecular flexibility index (Phi) is 3.54. The van der Waals surface area contributed by atoms with Crippen LogP contribution in [0.15, 0.2) is 24.3 Å². The number of rotatable bonds is 3. The molecule has 19 heavy (non-hydrogen) atoms. The summed E-state index contributed by atoms with van der Waals surface area (Å²) in [7, 11) is 0. The lowest BCUT2D eigenvalue weighted by Gasteiger charge is -2.30. The predicted octanol–water partition coefficient (Wildman–Crippen LogP) is 3.42. The van der Waals surface area contributed by atoms with Gasteiger partial charge in [-0.05, 0) is 40.2 Å². The molecule has 1 saturated heterocycles. The summed E-state index contributed by atoms with van der Waals surface area (Å²) in [6, 6.07) is 7.87. The summed E-state index contributed by atoms with van der Waals surface area (Å²) in [6.45, 7) is 9.74. The topological polar surface area (TPSA) is 35.5 Å². The largest absolute Gasteiger partial charge is 0.339 e. The number of ketones is 1. The van der Waals surface area contributed by atoms with Gasteiger partial charge < -0.3 is 9.47 Å². The number of benzene rings is 1. The summed E-state index contributed by atoms with van der Waals surface area (Å²) < 4.78 is 12.0. The van der Waals surface area contributed by atoms with Crippen molar-refractivity contribution in [3.63, 3.8) is 0 Å². The molecule has 0 atom stereocenters. The average molecular weight is 262 g/mol. The van der Waals surface area contributed by atoms with Crippen LogP contribution in [0.4, 0.5) is 0 Å². The third-order valence-electron chi connectivity index (χ3n) is 3.93. The van der Waals surface area contributed by atoms with Crippen molar-refractivity contribution in [3.8, 4) is 0 Å². The summed E-state index contributed by atoms with van der Waals surface area (Å²) in [5.41, 5.74) is 1.29. The minimum Gasteiger partial charge on any atom is -0.339 e. The molecular weight excluding hydrogens is 240 g/mol. The van der Waals surface area contributed by atoms with E-state index in [-0.39, 0.29) is 23.3 Å². The van der Waals surface area contributed by atoms with Gasteiger partial charge in [0.05, 0.1) is 11.2 Å². The van der Waals surface area contributed by atoms with Crippen LogP contribution in [0.25, 0.3) is 0 Å². The number of carbonyl (C=O) groups is 1. The van der Waals surface area contributed by atoms with Crippen LogP contribution in [0.3, 0.4) is 0 Å². The van der Waals surface area contributed by atoms with Crippen molar-refractivity contribution in [1.82, 2.24) is 0 Å². The molecule has 1 aliphatic heterocycles. The van der Waals surface area contributed by atoms with Gasteiger partial charge in [-0.1, -0.05) is 24.3 Å². The summed E-state index contributed by atoms with van der Waals surface area (Å²) >= 11 is 0. The normalized spacial score (nSPS) is 21.5. The summed E-state index contributed by atoms with van der Waals surface area (Å²) in [6.07, 6.45) is 0.0878. The maximum atomic E-state index is 11.2. The van der Waals surface area contributed by atoms with E-state index in [0.717, 1.165) is 11.1 Å². The van der Waals surface area contributed by atoms with Crippen LogP contribution < -0.4 is 0 Å². The minimum absolute atomic E-state index is 0.158. The zero-order chi connectivity index (χ0) is 14.3. The fourth-order valence-corrected chi connectivity index (χ4v) is 2.12. The number of carbonyl (C=O) groups excluding carboxylic acids is 1. The van der Waals surface area contributed by atoms with E-state index < -0.39 is 0 Å². The number of hydrogen-bond acceptors (Lipinski definition) is 3. The van der Waals surface area contributed by atoms with Crippen molar-refractivity contribution in [3.05, 3.63) is 35.4 Å². The van der Waals surface area contributed by atoms with Crippen molar-refractivity contribution in [2.24, 2.45) is 0 Å². The van der Waals surface area contributed by atoms with E-state index in [0.29, 0.717) is 6.42 Å². The molecule has 0 spiro atoms. The first-order valence-corrected chi connectivity index (χ1v) is 6.65. The molecule has 0 amide bonds. The van der Waals surface area contributed by atoms with Gasteiger partial charge >= 0.3 is 0 Å². The Hall–Kier alpha value is -1.19. The molecule has 3 heteroatoms. The zero-order valence-corrected chi connectivity index (χ0v) is 12.3. The first-order valence-electron chi connectivity index (χ1n) is 6.65. The average Bonchev–Trinajstić information content (AvgIpc) is 2.47. The third kappa shape index (κ3) is 2.88. The molecule has 0 N–H and O–H groups in total. The molecule has 1 heterocycles. The zero-order valence-electron chi connectivity index (χ0n) is 12.3. The molecule has 1 aliphatic rings. The SMILES string of the molecule is CC(=O)Cc1cccc(C2OC(C)(C)C(C)(C)O2)c1. The second-order valence-electron chi connectivity index (χ2n) is 6.21. The molecule has 1 aromatic carbocycles. The molecule has 3 nitrogen and oxygen atoms in total. The standard InChI is InChI=1S/C16H22O3/c1-11(17)9-12-7-6-8-13(10-12)14-18-15(2,3)16(4,5)19-14/h6-8,10,14H,9H2,1-5H3. The van der Waals surface area contributed by atoms with Gasteiger partial charge in [0.1, 0.15) is 5.78 Å². The Bertz CT molecular complexity index is 473. The molecule has 1 fully saturated rings. The molecule has 0 bridgehead atoms. The second-order valence-corrected chi connectivity index (χ2v) is 6.21. The van der Waals surface area contributed by atoms with E-state index in [1.54, 1.807) is 6.92 Å². The van der Waals surface area contributed by atoms with Gasteiger partial charge in [-0.3, -0.25) is 4.79 Å². The fourth-order valence-electron chi connectivity index (χ4n) is 2.12. The van der Waals surface area contributed by atoms with Gasteiger partial charge in [-0.15, -0.1) is 0 Å². The van der Waals surface area contributed by atoms with Crippen LogP contribution in [0.2, 0.25) is 0 Å². The van der Waals surface area contributed by atoms with Crippen LogP contribution in [-0.2, 0) is 20.7 Å². The second kappa shape index (κ2) is 4.73. The molecule has 104 valence electrons. The van der Waals surface area contributed by atoms with Crippen LogP contribution in [0.5, 0.6) is 0 Å². The summed E-state index contributed by atoms with van der Waals surface area (Å²) in [4.78, 5) is 11.2. The van der Waals surface area contributed by atoms with Gasteiger partial charge in [-0.2, -0.15) is 0 Å². The van der Waals surface area contributed by atoms with Crippen LogP contribution >= 0.6 is 0 Å². The molecule has 1 aromatic rings. The molecule has 2 rings (SSSR count). The Labute approximate surface area is 114 Å². The number of hydrogen-bond donors (Lipinski definition) is 0. The van der Waals surface area contributed by atoms with Crippen molar-refractivity contribution in [2.75, 3.05) is 0 Å². The Morgan fingerprint density at radius 3 is 2.26 bits per heavy atom. The van der Waals surface area contributed by atoms with E-state index in [2.05, 4.69) is 0 Å². The molecule has 0 unspecified atom stereocenters. The monoisotopic (exact) mass is 262 g/mol. The predicted molar refractivity (Wildman–Crippen MR) is 73.9 cm³/mol. The van der Waals surface area contributed by atoms with Crippen LogP contribution in [0, 0.1) is 0 Å². The number of Topliss-reactive ketones (excluding diaryl/α,β-unsaturated/α-hetero) is 1. The highest BCUT2D eigenvalue weighted by molar-refractivity contribution is 5.78. The Morgan fingerprint density at radius 1 is 1.16 bits per heavy atom. The quantitative estimate of drug-likeness (QED) is 0.837. The highest BCUT2D eigenvalue weighted by Crippen LogP contribution is 2.44. The lowest BCUT2D eigenvalue weighted by atomic mass is 9.90. The highest BCUT2D eigenvalue weighted by Gasteiger charge is 2.49. The van der Waals surface area contributed by atoms with Crippen LogP contribution in [-0.4, -0.2) is 17.0 Å². The molecule has 0 aromatic heterocycles. The van der Waals surface area contributed by atoms with Gasteiger partial charge in [0.25, 0.3) is 0 Å². The Morgan fingerprint density at radius 2 is 1.74 bits per heavy atom. The van der Waals surface area contributed by atoms with Crippen LogP contribution in [0.1, 0.15) is 52.0 Å². The van der Waals surface area contributed by atoms with E-state index in [9.17, 15) is 4.79 Å². The molecule has 0 aliphatic carbocycles. The fraction of sp³-hybridized carbons (Fsp3) is 0.562. The van der Waals surface area contributed by atoms with Gasteiger partial charge in [0.2, 0.25) is 0 Å². The smallest absolute Gasteiger partial charge is 0.185 e. The summed E-state index contributed by atoms with van der Waals surface area (Å²) in [5.74, 6) is 0.158. The van der Waals surface area contributed by atoms with E-state index in [1.165, 1.54) is 0 Å². The van der Waals surface area contributed by atoms with Crippen molar-refractivity contribution < 1.29 is 14.3 Å². The first-order chi connectivity index (χ1) is 8.71. The third-order valence-corrected chi connectivity index (χ3v) is 3.93. The Balaban J connectivity index is 2.22. The van der Waals surface area contributed by atoms with Crippen molar-refractivity contribution in [1.29, 1.82) is 0 Å². The van der Waals surface area contributed by atoms with Crippen molar-refractivity contribution >= 4 is 5.78 Å². The highest BCUT2D eigenvalue weighted by atomic mass is 16.7. The first kappa shape index (κ1) is 14.2. The molecular formula is C16H22O3. The molecule has 0 saturated carbocycles. The van der Waals surface area contributed by atoms with Gasteiger partial charge in [0.15, 0.2) is 6.29 Å². The maximum absolute atomic E-state index is 11.2. The maximum Gasteiger partial charge on any atom is 0.185 e. The van der Waals surface area contributed by atoms with E-state index in [4.69, 9.17) is 9.47 Å². The van der Waals surface area contributed by atoms with Crippen molar-refractivity contribution in [2.45, 2.75) is 58.5 Å². The van der Waals surface area contributed by atoms with E-state index >= 15 is 0 Å². The lowest BCUT2D eigenvalue weighted by molar-refractivity contribution is -0.116. The lowest BCUT2D eigenvalue weighted by Crippen LogP contribution is -2.41.